The molecule has 3 aromatic heterocycles. The highest BCUT2D eigenvalue weighted by atomic mass is 16.5. The van der Waals surface area contributed by atoms with Gasteiger partial charge in [0.05, 0.1) is 0 Å². The molecular weight excluding hydrogens is 398 g/mol. The van der Waals surface area contributed by atoms with E-state index in [1.54, 1.807) is 30.3 Å². The Kier molecular flexibility index (Phi) is 5.12. The van der Waals surface area contributed by atoms with Crippen LogP contribution in [0, 0.1) is 0 Å². The van der Waals surface area contributed by atoms with E-state index in [-0.39, 0.29) is 10.8 Å². The van der Waals surface area contributed by atoms with Gasteiger partial charge in [-0.25, -0.2) is 14.8 Å². The van der Waals surface area contributed by atoms with Gasteiger partial charge in [0.15, 0.2) is 11.2 Å². The van der Waals surface area contributed by atoms with Gasteiger partial charge in [0, 0.05) is 35.1 Å². The van der Waals surface area contributed by atoms with Crippen LogP contribution < -0.4 is 21.4 Å². The number of carbonyl (C=O) groups is 1. The summed E-state index contributed by atoms with van der Waals surface area (Å²) in [7, 11) is 0. The second-order valence-electron chi connectivity index (χ2n) is 7.90. The van der Waals surface area contributed by atoms with Crippen LogP contribution in [0.4, 0.5) is 27.8 Å². The van der Waals surface area contributed by atoms with Crippen LogP contribution in [-0.4, -0.2) is 26.1 Å². The highest BCUT2D eigenvalue weighted by Gasteiger charge is 2.20. The minimum Gasteiger partial charge on any atom is -0.359 e. The molecule has 2 amide bonds. The van der Waals surface area contributed by atoms with E-state index in [1.165, 1.54) is 18.6 Å². The summed E-state index contributed by atoms with van der Waals surface area (Å²) in [5.41, 5.74) is 1.33. The maximum absolute atomic E-state index is 12.2. The Hall–Kier alpha value is -4.21. The first-order chi connectivity index (χ1) is 14.8. The van der Waals surface area contributed by atoms with Gasteiger partial charge in [-0.1, -0.05) is 25.9 Å². The normalized spacial score (nSPS) is 11.3. The zero-order chi connectivity index (χ0) is 22.0. The number of rotatable bonds is 4. The molecule has 10 nitrogen and oxygen atoms in total. The lowest BCUT2D eigenvalue weighted by atomic mass is 9.93. The topological polar surface area (TPSA) is 138 Å². The number of pyridine rings is 1. The molecule has 31 heavy (non-hydrogen) atoms. The Morgan fingerprint density at radius 1 is 1.03 bits per heavy atom. The van der Waals surface area contributed by atoms with Gasteiger partial charge in [0.25, 0.3) is 0 Å². The van der Waals surface area contributed by atoms with Crippen molar-refractivity contribution in [3.63, 3.8) is 0 Å². The summed E-state index contributed by atoms with van der Waals surface area (Å²) in [4.78, 5) is 35.5. The van der Waals surface area contributed by atoms with Crippen LogP contribution in [0.1, 0.15) is 26.5 Å². The predicted octanol–water partition coefficient (Wildman–Crippen LogP) is 3.99. The lowest BCUT2D eigenvalue weighted by Crippen LogP contribution is -2.19. The first-order valence-corrected chi connectivity index (χ1v) is 9.54. The molecule has 0 bridgehead atoms. The standard InChI is InChI=1S/C21H21N7O3/c1-21(2,3)15-10-16(28-31-15)27-20(30)26-13-6-4-12(5-7-13)25-19-17-14(29)8-9-22-18(17)23-11-24-19/h4-11H,1-3H3,(H2,26,27,28,30)(H2,22,23,24,25,29). The lowest BCUT2D eigenvalue weighted by molar-refractivity contribution is 0.262. The van der Waals surface area contributed by atoms with Gasteiger partial charge < -0.3 is 20.1 Å². The quantitative estimate of drug-likeness (QED) is 0.392. The van der Waals surface area contributed by atoms with Crippen LogP contribution in [0.25, 0.3) is 11.0 Å². The Morgan fingerprint density at radius 2 is 1.77 bits per heavy atom. The summed E-state index contributed by atoms with van der Waals surface area (Å²) in [6.07, 6.45) is 2.91. The number of hydrogen-bond acceptors (Lipinski definition) is 7. The molecule has 0 aliphatic carbocycles. The number of aromatic nitrogens is 4. The van der Waals surface area contributed by atoms with Gasteiger partial charge >= 0.3 is 6.03 Å². The fourth-order valence-electron chi connectivity index (χ4n) is 2.84. The van der Waals surface area contributed by atoms with Gasteiger partial charge in [0.1, 0.15) is 28.9 Å². The number of anilines is 4. The highest BCUT2D eigenvalue weighted by molar-refractivity contribution is 5.99. The Morgan fingerprint density at radius 3 is 2.48 bits per heavy atom. The average Bonchev–Trinajstić information content (AvgIpc) is 3.19. The third kappa shape index (κ3) is 4.53. The number of nitrogens with zero attached hydrogens (tertiary/aromatic N) is 3. The molecule has 0 spiro atoms. The zero-order valence-electron chi connectivity index (χ0n) is 17.2. The van der Waals surface area contributed by atoms with Gasteiger partial charge in [-0.05, 0) is 24.3 Å². The van der Waals surface area contributed by atoms with E-state index in [1.807, 2.05) is 20.8 Å². The molecule has 10 heteroatoms. The Bertz CT molecular complexity index is 1280. The van der Waals surface area contributed by atoms with Crippen LogP contribution >= 0.6 is 0 Å². The molecule has 0 aliphatic rings. The molecule has 158 valence electrons. The minimum atomic E-state index is -0.442. The van der Waals surface area contributed by atoms with Crippen molar-refractivity contribution >= 4 is 40.1 Å². The zero-order valence-corrected chi connectivity index (χ0v) is 17.2. The molecule has 0 radical (unpaired) electrons. The monoisotopic (exact) mass is 419 g/mol. The van der Waals surface area contributed by atoms with Crippen LogP contribution in [0.2, 0.25) is 0 Å². The maximum Gasteiger partial charge on any atom is 0.324 e. The number of H-pyrrole nitrogens is 1. The number of carbonyl (C=O) groups excluding carboxylic acids is 1. The number of urea groups is 1. The number of aromatic amines is 1. The van der Waals surface area contributed by atoms with Crippen molar-refractivity contribution in [2.24, 2.45) is 0 Å². The summed E-state index contributed by atoms with van der Waals surface area (Å²) in [5.74, 6) is 1.40. The molecule has 0 unspecified atom stereocenters. The second-order valence-corrected chi connectivity index (χ2v) is 7.90. The van der Waals surface area contributed by atoms with Crippen molar-refractivity contribution in [3.8, 4) is 0 Å². The van der Waals surface area contributed by atoms with Crippen molar-refractivity contribution in [2.45, 2.75) is 26.2 Å². The van der Waals surface area contributed by atoms with Gasteiger partial charge in [0.2, 0.25) is 0 Å². The van der Waals surface area contributed by atoms with Crippen LogP contribution in [-0.2, 0) is 5.41 Å². The van der Waals surface area contributed by atoms with E-state index in [0.29, 0.717) is 39.8 Å². The number of hydrogen-bond donors (Lipinski definition) is 4. The molecule has 3 heterocycles. The first kappa shape index (κ1) is 20.1. The van der Waals surface area contributed by atoms with Gasteiger partial charge in [-0.2, -0.15) is 0 Å². The second kappa shape index (κ2) is 7.90. The molecule has 0 aliphatic heterocycles. The number of nitrogens with one attached hydrogen (secondary N) is 4. The van der Waals surface area contributed by atoms with Gasteiger partial charge in [-0.15, -0.1) is 0 Å². The van der Waals surface area contributed by atoms with E-state index < -0.39 is 6.03 Å². The third-order valence-electron chi connectivity index (χ3n) is 4.44. The van der Waals surface area contributed by atoms with Crippen molar-refractivity contribution in [2.75, 3.05) is 16.0 Å². The predicted molar refractivity (Wildman–Crippen MR) is 118 cm³/mol. The van der Waals surface area contributed by atoms with E-state index in [4.69, 9.17) is 4.52 Å². The van der Waals surface area contributed by atoms with Crippen LogP contribution in [0.5, 0.6) is 0 Å². The average molecular weight is 419 g/mol. The van der Waals surface area contributed by atoms with E-state index in [9.17, 15) is 9.59 Å². The van der Waals surface area contributed by atoms with Gasteiger partial charge in [-0.3, -0.25) is 10.1 Å². The smallest absolute Gasteiger partial charge is 0.324 e. The lowest BCUT2D eigenvalue weighted by Gasteiger charge is -2.12. The molecule has 0 atom stereocenters. The maximum atomic E-state index is 12.2. The van der Waals surface area contributed by atoms with E-state index in [2.05, 4.69) is 36.1 Å². The molecule has 0 saturated carbocycles. The largest absolute Gasteiger partial charge is 0.359 e. The van der Waals surface area contributed by atoms with Crippen molar-refractivity contribution in [1.29, 1.82) is 0 Å². The fourth-order valence-corrected chi connectivity index (χ4v) is 2.84. The number of amides is 2. The molecule has 4 N–H and O–H groups in total. The fraction of sp³-hybridized carbons (Fsp3) is 0.190. The van der Waals surface area contributed by atoms with Crippen molar-refractivity contribution in [3.05, 3.63) is 64.9 Å². The summed E-state index contributed by atoms with van der Waals surface area (Å²) < 4.78 is 5.26. The SMILES string of the molecule is CC(C)(C)c1cc(NC(=O)Nc2ccc(Nc3ncnc4[nH]ccc(=O)c34)cc2)no1. The molecule has 4 rings (SSSR count). The number of fused-ring (bicyclic) bond motifs is 1. The van der Waals surface area contributed by atoms with Crippen LogP contribution in [0.15, 0.2) is 58.2 Å². The third-order valence-corrected chi connectivity index (χ3v) is 4.44. The summed E-state index contributed by atoms with van der Waals surface area (Å²) >= 11 is 0. The van der Waals surface area contributed by atoms with Crippen LogP contribution in [0.3, 0.4) is 0 Å². The van der Waals surface area contributed by atoms with Crippen molar-refractivity contribution < 1.29 is 9.32 Å². The molecule has 4 aromatic rings. The van der Waals surface area contributed by atoms with Crippen molar-refractivity contribution in [1.82, 2.24) is 20.1 Å². The van der Waals surface area contributed by atoms with E-state index >= 15 is 0 Å². The van der Waals surface area contributed by atoms with E-state index in [0.717, 1.165) is 0 Å². The Labute approximate surface area is 177 Å². The Balaban J connectivity index is 1.43. The molecular formula is C21H21N7O3. The summed E-state index contributed by atoms with van der Waals surface area (Å²) in [6.45, 7) is 5.98. The highest BCUT2D eigenvalue weighted by Crippen LogP contribution is 2.25. The molecule has 0 fully saturated rings. The first-order valence-electron chi connectivity index (χ1n) is 9.54. The molecule has 1 aromatic carbocycles. The molecule has 0 saturated heterocycles. The number of benzene rings is 1. The summed E-state index contributed by atoms with van der Waals surface area (Å²) in [6, 6.07) is 9.63. The summed E-state index contributed by atoms with van der Waals surface area (Å²) in [5, 5.41) is 12.7. The minimum absolute atomic E-state index is 0.186.